The lowest BCUT2D eigenvalue weighted by Crippen LogP contribution is -2.64. The number of amides is 1. The van der Waals surface area contributed by atoms with E-state index < -0.39 is 18.3 Å². The molecule has 0 spiro atoms. The molecule has 2 aliphatic heterocycles. The zero-order valence-electron chi connectivity index (χ0n) is 13.8. The quantitative estimate of drug-likeness (QED) is 0.767. The fourth-order valence-corrected chi connectivity index (χ4v) is 2.34. The Bertz CT molecular complexity index is 632. The first kappa shape index (κ1) is 20.1. The molecule has 1 unspecified atom stereocenters. The minimum Gasteiger partial charge on any atom is -0.361 e. The molecular weight excluding hydrogens is 365 g/mol. The molecule has 2 aliphatic rings. The van der Waals surface area contributed by atoms with Gasteiger partial charge in [0.1, 0.15) is 18.0 Å². The lowest BCUT2D eigenvalue weighted by molar-refractivity contribution is -0.295. The second kappa shape index (κ2) is 7.56. The molecular formula is C14H18F5N5O2. The van der Waals surface area contributed by atoms with Crippen LogP contribution >= 0.6 is 0 Å². The molecule has 26 heavy (non-hydrogen) atoms. The molecule has 0 radical (unpaired) electrons. The van der Waals surface area contributed by atoms with Crippen molar-refractivity contribution in [1.82, 2.24) is 14.9 Å². The first-order valence-electron chi connectivity index (χ1n) is 7.74. The summed E-state index contributed by atoms with van der Waals surface area (Å²) in [6.07, 6.45) is -2.64. The van der Waals surface area contributed by atoms with E-state index in [-0.39, 0.29) is 19.0 Å². The summed E-state index contributed by atoms with van der Waals surface area (Å²) in [5.41, 5.74) is 0. The number of rotatable bonds is 4. The van der Waals surface area contributed by atoms with Crippen LogP contribution < -0.4 is 10.2 Å². The summed E-state index contributed by atoms with van der Waals surface area (Å²) in [7, 11) is 0. The van der Waals surface area contributed by atoms with Crippen LogP contribution in [-0.2, 0) is 4.79 Å². The van der Waals surface area contributed by atoms with E-state index in [0.29, 0.717) is 11.6 Å². The van der Waals surface area contributed by atoms with Crippen molar-refractivity contribution in [2.75, 3.05) is 36.4 Å². The van der Waals surface area contributed by atoms with Gasteiger partial charge in [0.2, 0.25) is 5.91 Å². The van der Waals surface area contributed by atoms with Crippen molar-refractivity contribution in [3.8, 4) is 0 Å². The van der Waals surface area contributed by atoms with E-state index in [1.165, 1.54) is 18.2 Å². The number of hydrogen-bond donors (Lipinski definition) is 2. The van der Waals surface area contributed by atoms with Gasteiger partial charge in [-0.2, -0.15) is 0 Å². The van der Waals surface area contributed by atoms with Crippen molar-refractivity contribution in [2.24, 2.45) is 0 Å². The highest BCUT2D eigenvalue weighted by Gasteiger charge is 2.52. The maximum atomic E-state index is 13.2. The third-order valence-corrected chi connectivity index (χ3v) is 4.04. The van der Waals surface area contributed by atoms with Gasteiger partial charge in [0.05, 0.1) is 19.1 Å². The smallest absolute Gasteiger partial charge is 0.361 e. The van der Waals surface area contributed by atoms with E-state index in [0.717, 1.165) is 19.5 Å². The summed E-state index contributed by atoms with van der Waals surface area (Å²) in [6, 6.07) is 0.720. The van der Waals surface area contributed by atoms with E-state index >= 15 is 0 Å². The number of halogens is 5. The van der Waals surface area contributed by atoms with E-state index in [2.05, 4.69) is 15.3 Å². The largest absolute Gasteiger partial charge is 0.519 e. The highest BCUT2D eigenvalue weighted by atomic mass is 19.4. The summed E-state index contributed by atoms with van der Waals surface area (Å²) >= 11 is 0. The molecule has 2 N–H and O–H groups in total. The standard InChI is InChI=1S/C13H17F2N5O.CHF3O/c1-9-13(14,15)7-20(9)11-5-10(17-8-18-11)16-6-12(21)19-3-2-4-19;2-1(3,4)5/h5,8-9H,2-4,6-7H2,1H3,(H,16,17,18);5H. The second-order valence-corrected chi connectivity index (χ2v) is 5.88. The van der Waals surface area contributed by atoms with Crippen molar-refractivity contribution in [1.29, 1.82) is 0 Å². The van der Waals surface area contributed by atoms with Crippen LogP contribution in [0.15, 0.2) is 12.4 Å². The van der Waals surface area contributed by atoms with E-state index in [1.807, 2.05) is 0 Å². The Kier molecular flexibility index (Phi) is 5.84. The summed E-state index contributed by atoms with van der Waals surface area (Å²) in [6.45, 7) is 2.89. The molecule has 0 saturated carbocycles. The van der Waals surface area contributed by atoms with Crippen LogP contribution in [0.25, 0.3) is 0 Å². The summed E-state index contributed by atoms with van der Waals surface area (Å²) in [5.74, 6) is -1.74. The van der Waals surface area contributed by atoms with Crippen LogP contribution in [0.1, 0.15) is 13.3 Å². The molecule has 1 aromatic heterocycles. The van der Waals surface area contributed by atoms with E-state index in [9.17, 15) is 26.7 Å². The van der Waals surface area contributed by atoms with Crippen molar-refractivity contribution in [3.63, 3.8) is 0 Å². The Morgan fingerprint density at radius 3 is 2.46 bits per heavy atom. The van der Waals surface area contributed by atoms with Gasteiger partial charge < -0.3 is 20.2 Å². The van der Waals surface area contributed by atoms with Gasteiger partial charge in [0.15, 0.2) is 0 Å². The van der Waals surface area contributed by atoms with Crippen molar-refractivity contribution < 1.29 is 31.9 Å². The molecule has 3 rings (SSSR count). The van der Waals surface area contributed by atoms with Crippen molar-refractivity contribution in [3.05, 3.63) is 12.4 Å². The maximum Gasteiger partial charge on any atom is 0.519 e. The highest BCUT2D eigenvalue weighted by Crippen LogP contribution is 2.37. The third-order valence-electron chi connectivity index (χ3n) is 4.04. The predicted molar refractivity (Wildman–Crippen MR) is 81.7 cm³/mol. The molecule has 3 heterocycles. The first-order valence-corrected chi connectivity index (χ1v) is 7.74. The van der Waals surface area contributed by atoms with Crippen molar-refractivity contribution in [2.45, 2.75) is 31.7 Å². The summed E-state index contributed by atoms with van der Waals surface area (Å²) in [5, 5.41) is 9.44. The van der Waals surface area contributed by atoms with Gasteiger partial charge in [-0.1, -0.05) is 0 Å². The summed E-state index contributed by atoms with van der Waals surface area (Å²) in [4.78, 5) is 23.0. The second-order valence-electron chi connectivity index (χ2n) is 5.88. The number of likely N-dealkylation sites (tertiary alicyclic amines) is 1. The first-order chi connectivity index (χ1) is 12.0. The topological polar surface area (TPSA) is 81.6 Å². The molecule has 1 amide bonds. The van der Waals surface area contributed by atoms with Crippen LogP contribution in [0.5, 0.6) is 0 Å². The van der Waals surface area contributed by atoms with Crippen LogP contribution in [0.3, 0.4) is 0 Å². The fourth-order valence-electron chi connectivity index (χ4n) is 2.34. The van der Waals surface area contributed by atoms with Crippen LogP contribution in [0.2, 0.25) is 0 Å². The molecule has 2 fully saturated rings. The fraction of sp³-hybridized carbons (Fsp3) is 0.643. The number of alkyl halides is 5. The van der Waals surface area contributed by atoms with Crippen LogP contribution in [-0.4, -0.2) is 70.4 Å². The number of aromatic nitrogens is 2. The average molecular weight is 383 g/mol. The molecule has 1 aromatic rings. The molecule has 0 aromatic carbocycles. The Hall–Kier alpha value is -2.24. The SMILES string of the molecule is CC1N(c2cc(NCC(=O)N3CCC3)ncn2)CC1(F)F.OC(F)(F)F. The number of carbonyl (C=O) groups is 1. The van der Waals surface area contributed by atoms with Crippen LogP contribution in [0, 0.1) is 0 Å². The maximum absolute atomic E-state index is 13.2. The van der Waals surface area contributed by atoms with Gasteiger partial charge in [-0.05, 0) is 13.3 Å². The lowest BCUT2D eigenvalue weighted by atomic mass is 10.0. The van der Waals surface area contributed by atoms with Gasteiger partial charge in [-0.15, -0.1) is 13.2 Å². The van der Waals surface area contributed by atoms with Gasteiger partial charge in [0.25, 0.3) is 5.92 Å². The molecule has 0 bridgehead atoms. The normalized spacial score (nSPS) is 21.1. The Morgan fingerprint density at radius 2 is 2.00 bits per heavy atom. The van der Waals surface area contributed by atoms with Crippen LogP contribution in [0.4, 0.5) is 33.6 Å². The van der Waals surface area contributed by atoms with Gasteiger partial charge in [0, 0.05) is 19.2 Å². The number of aliphatic hydroxyl groups is 1. The zero-order valence-corrected chi connectivity index (χ0v) is 13.8. The van der Waals surface area contributed by atoms with E-state index in [4.69, 9.17) is 5.11 Å². The van der Waals surface area contributed by atoms with Gasteiger partial charge in [-0.3, -0.25) is 4.79 Å². The number of carbonyl (C=O) groups excluding carboxylic acids is 1. The summed E-state index contributed by atoms with van der Waals surface area (Å²) < 4.78 is 56.1. The number of hydrogen-bond acceptors (Lipinski definition) is 6. The molecule has 1 atom stereocenters. The zero-order chi connectivity index (χ0) is 19.5. The van der Waals surface area contributed by atoms with Gasteiger partial charge >= 0.3 is 6.36 Å². The number of nitrogens with one attached hydrogen (secondary N) is 1. The Balaban J connectivity index is 0.000000431. The molecule has 0 aliphatic carbocycles. The molecule has 7 nitrogen and oxygen atoms in total. The highest BCUT2D eigenvalue weighted by molar-refractivity contribution is 5.81. The molecule has 2 saturated heterocycles. The number of anilines is 2. The lowest BCUT2D eigenvalue weighted by Gasteiger charge is -2.46. The minimum atomic E-state index is -5.00. The molecule has 12 heteroatoms. The van der Waals surface area contributed by atoms with Crippen molar-refractivity contribution >= 4 is 17.5 Å². The Morgan fingerprint density at radius 1 is 1.38 bits per heavy atom. The monoisotopic (exact) mass is 383 g/mol. The van der Waals surface area contributed by atoms with Gasteiger partial charge in [-0.25, -0.2) is 18.7 Å². The predicted octanol–water partition coefficient (Wildman–Crippen LogP) is 1.46. The third kappa shape index (κ3) is 5.38. The average Bonchev–Trinajstić information content (AvgIpc) is 2.47. The molecule has 146 valence electrons. The van der Waals surface area contributed by atoms with E-state index in [1.54, 1.807) is 11.0 Å². The number of nitrogens with zero attached hydrogens (tertiary/aromatic N) is 4. The minimum absolute atomic E-state index is 0.0188. The Labute approximate surface area is 145 Å².